The highest BCUT2D eigenvalue weighted by Gasteiger charge is 2.33. The Labute approximate surface area is 200 Å². The second-order valence-electron chi connectivity index (χ2n) is 7.31. The van der Waals surface area contributed by atoms with E-state index in [1.165, 1.54) is 18.4 Å². The van der Waals surface area contributed by atoms with Gasteiger partial charge in [-0.15, -0.1) is 0 Å². The molecule has 33 heavy (non-hydrogen) atoms. The van der Waals surface area contributed by atoms with Crippen molar-refractivity contribution in [3.05, 3.63) is 95.6 Å². The van der Waals surface area contributed by atoms with E-state index in [1.54, 1.807) is 28.8 Å². The van der Waals surface area contributed by atoms with Gasteiger partial charge in [-0.3, -0.25) is 9.36 Å². The minimum atomic E-state index is -0.627. The van der Waals surface area contributed by atoms with Crippen LogP contribution in [0.25, 0.3) is 6.08 Å². The Kier molecular flexibility index (Phi) is 6.81. The number of allylic oxidation sites excluding steroid dienone is 1. The fraction of sp³-hybridized carbons (Fsp3) is 0.240. The van der Waals surface area contributed by atoms with Gasteiger partial charge in [0, 0.05) is 10.6 Å². The van der Waals surface area contributed by atoms with Crippen molar-refractivity contribution in [1.82, 2.24) is 4.57 Å². The van der Waals surface area contributed by atoms with Crippen LogP contribution in [0.3, 0.4) is 0 Å². The third kappa shape index (κ3) is 4.38. The van der Waals surface area contributed by atoms with Crippen molar-refractivity contribution in [3.63, 3.8) is 0 Å². The number of rotatable bonds is 6. The molecule has 0 amide bonds. The average molecular weight is 483 g/mol. The quantitative estimate of drug-likeness (QED) is 0.500. The number of nitrogens with zero attached hydrogens (tertiary/aromatic N) is 2. The lowest BCUT2D eigenvalue weighted by molar-refractivity contribution is -0.136. The van der Waals surface area contributed by atoms with Crippen molar-refractivity contribution >= 4 is 35.0 Å². The van der Waals surface area contributed by atoms with E-state index in [0.29, 0.717) is 50.0 Å². The number of aromatic nitrogens is 1. The van der Waals surface area contributed by atoms with E-state index in [4.69, 9.17) is 21.1 Å². The topological polar surface area (TPSA) is 69.9 Å². The maximum absolute atomic E-state index is 13.6. The highest BCUT2D eigenvalue weighted by Crippen LogP contribution is 2.31. The molecule has 2 aromatic carbocycles. The predicted molar refractivity (Wildman–Crippen MR) is 129 cm³/mol. The molecule has 8 heteroatoms. The lowest BCUT2D eigenvalue weighted by Gasteiger charge is -2.25. The monoisotopic (exact) mass is 482 g/mol. The van der Waals surface area contributed by atoms with E-state index in [9.17, 15) is 9.59 Å². The number of carbonyl (C=O) groups is 1. The summed E-state index contributed by atoms with van der Waals surface area (Å²) in [5.41, 5.74) is 2.26. The van der Waals surface area contributed by atoms with Gasteiger partial charge in [0.1, 0.15) is 5.75 Å². The highest BCUT2D eigenvalue weighted by atomic mass is 35.5. The summed E-state index contributed by atoms with van der Waals surface area (Å²) in [6, 6.07) is 14.1. The first-order valence-corrected chi connectivity index (χ1v) is 11.8. The summed E-state index contributed by atoms with van der Waals surface area (Å²) in [4.78, 5) is 31.6. The van der Waals surface area contributed by atoms with Gasteiger partial charge < -0.3 is 9.47 Å². The number of benzene rings is 2. The van der Waals surface area contributed by atoms with Crippen LogP contribution >= 0.6 is 22.9 Å². The molecule has 0 fully saturated rings. The number of methoxy groups -OCH3 is 1. The van der Waals surface area contributed by atoms with E-state index in [-0.39, 0.29) is 5.56 Å². The summed E-state index contributed by atoms with van der Waals surface area (Å²) in [5, 5.41) is 0.542. The molecule has 0 N–H and O–H groups in total. The first-order valence-electron chi connectivity index (χ1n) is 10.6. The number of hydrogen-bond acceptors (Lipinski definition) is 6. The minimum absolute atomic E-state index is 0.244. The smallest absolute Gasteiger partial charge is 0.338 e. The van der Waals surface area contributed by atoms with E-state index in [2.05, 4.69) is 4.99 Å². The second kappa shape index (κ2) is 9.77. The van der Waals surface area contributed by atoms with E-state index >= 15 is 0 Å². The van der Waals surface area contributed by atoms with Gasteiger partial charge >= 0.3 is 5.97 Å². The number of thiazole rings is 1. The summed E-state index contributed by atoms with van der Waals surface area (Å²) < 4.78 is 12.8. The zero-order valence-electron chi connectivity index (χ0n) is 18.5. The fourth-order valence-corrected chi connectivity index (χ4v) is 5.07. The Balaban J connectivity index is 1.99. The van der Waals surface area contributed by atoms with Crippen molar-refractivity contribution in [1.29, 1.82) is 0 Å². The molecule has 0 spiro atoms. The number of hydrogen-bond donors (Lipinski definition) is 0. The van der Waals surface area contributed by atoms with Crippen LogP contribution in [0.2, 0.25) is 5.02 Å². The van der Waals surface area contributed by atoms with Crippen LogP contribution in [-0.4, -0.2) is 24.3 Å². The average Bonchev–Trinajstić information content (AvgIpc) is 3.14. The Morgan fingerprint density at radius 3 is 2.64 bits per heavy atom. The highest BCUT2D eigenvalue weighted by molar-refractivity contribution is 7.07. The molecule has 1 aliphatic heterocycles. The second-order valence-corrected chi connectivity index (χ2v) is 8.76. The predicted octanol–water partition coefficient (Wildman–Crippen LogP) is 3.85. The van der Waals surface area contributed by atoms with Crippen LogP contribution in [0, 0.1) is 0 Å². The molecule has 2 heterocycles. The largest absolute Gasteiger partial charge is 0.493 e. The number of fused-ring (bicyclic) bond motifs is 1. The van der Waals surface area contributed by atoms with Crippen LogP contribution in [0.1, 0.15) is 37.4 Å². The summed E-state index contributed by atoms with van der Waals surface area (Å²) in [6.07, 6.45) is 2.29. The van der Waals surface area contributed by atoms with Gasteiger partial charge in [0.25, 0.3) is 5.56 Å². The summed E-state index contributed by atoms with van der Waals surface area (Å²) in [7, 11) is 1.34. The van der Waals surface area contributed by atoms with Gasteiger partial charge in [-0.05, 0) is 43.2 Å². The van der Waals surface area contributed by atoms with E-state index in [1.807, 2.05) is 44.2 Å². The first-order chi connectivity index (χ1) is 16.0. The molecule has 0 saturated heterocycles. The van der Waals surface area contributed by atoms with Crippen molar-refractivity contribution in [3.8, 4) is 5.75 Å². The van der Waals surface area contributed by atoms with Crippen molar-refractivity contribution in [2.24, 2.45) is 4.99 Å². The molecule has 1 atom stereocenters. The number of carbonyl (C=O) groups excluding carboxylic acids is 1. The maximum Gasteiger partial charge on any atom is 0.338 e. The number of ether oxygens (including phenoxy) is 2. The van der Waals surface area contributed by atoms with Crippen molar-refractivity contribution in [2.45, 2.75) is 26.3 Å². The lowest BCUT2D eigenvalue weighted by Crippen LogP contribution is -2.40. The van der Waals surface area contributed by atoms with Crippen LogP contribution < -0.4 is 19.6 Å². The third-order valence-electron chi connectivity index (χ3n) is 5.32. The molecule has 4 rings (SSSR count). The molecular formula is C25H23ClN2O4S. The van der Waals surface area contributed by atoms with Gasteiger partial charge in [-0.2, -0.15) is 0 Å². The number of halogens is 1. The van der Waals surface area contributed by atoms with Gasteiger partial charge in [0.05, 0.1) is 35.6 Å². The minimum Gasteiger partial charge on any atom is -0.493 e. The summed E-state index contributed by atoms with van der Waals surface area (Å²) >= 11 is 7.47. The molecule has 3 aromatic rings. The van der Waals surface area contributed by atoms with Gasteiger partial charge in [0.2, 0.25) is 0 Å². The van der Waals surface area contributed by atoms with Gasteiger partial charge in [-0.1, -0.05) is 60.2 Å². The third-order valence-corrected chi connectivity index (χ3v) is 6.54. The molecule has 170 valence electrons. The van der Waals surface area contributed by atoms with Crippen LogP contribution in [0.5, 0.6) is 5.75 Å². The van der Waals surface area contributed by atoms with Crippen LogP contribution in [-0.2, 0) is 9.53 Å². The Bertz CT molecular complexity index is 1410. The molecule has 1 aliphatic rings. The van der Waals surface area contributed by atoms with Crippen molar-refractivity contribution in [2.75, 3.05) is 13.7 Å². The zero-order valence-corrected chi connectivity index (χ0v) is 20.1. The maximum atomic E-state index is 13.6. The molecule has 6 nitrogen and oxygen atoms in total. The summed E-state index contributed by atoms with van der Waals surface area (Å²) in [6.45, 7) is 4.31. The Hall–Kier alpha value is -3.16. The van der Waals surface area contributed by atoms with Gasteiger partial charge in [-0.25, -0.2) is 9.79 Å². The van der Waals surface area contributed by atoms with E-state index < -0.39 is 12.0 Å². The molecule has 0 unspecified atom stereocenters. The normalized spacial score (nSPS) is 15.8. The Morgan fingerprint density at radius 1 is 1.21 bits per heavy atom. The standard InChI is InChI=1S/C25H23ClN2O4S/c1-4-18-21(24(30)31-3)22(15-9-7-6-8-10-15)28-23(29)20(33-25(28)27-18)14-16-13-17(26)11-12-19(16)32-5-2/h6-14,22H,4-5H2,1-3H3/b20-14+/t22-/m0/s1. The Morgan fingerprint density at radius 2 is 1.97 bits per heavy atom. The van der Waals surface area contributed by atoms with Gasteiger partial charge in [0.15, 0.2) is 4.80 Å². The SMILES string of the molecule is CCOc1ccc(Cl)cc1/C=c1/sc2n(c1=O)[C@@H](c1ccccc1)C(C(=O)OC)=C(CC)N=2. The van der Waals surface area contributed by atoms with Crippen LogP contribution in [0.15, 0.2) is 69.6 Å². The zero-order chi connectivity index (χ0) is 23.5. The molecule has 0 bridgehead atoms. The lowest BCUT2D eigenvalue weighted by atomic mass is 9.95. The first kappa shape index (κ1) is 23.0. The van der Waals surface area contributed by atoms with E-state index in [0.717, 1.165) is 5.56 Å². The molecule has 1 aromatic heterocycles. The number of esters is 1. The summed E-state index contributed by atoms with van der Waals surface area (Å²) in [5.74, 6) is 0.143. The molecule has 0 radical (unpaired) electrons. The van der Waals surface area contributed by atoms with Crippen molar-refractivity contribution < 1.29 is 14.3 Å². The fourth-order valence-electron chi connectivity index (χ4n) is 3.88. The van der Waals surface area contributed by atoms with Crippen LogP contribution in [0.4, 0.5) is 0 Å². The molecular weight excluding hydrogens is 460 g/mol. The molecule has 0 aliphatic carbocycles. The molecule has 0 saturated carbocycles.